The van der Waals surface area contributed by atoms with Gasteiger partial charge in [-0.1, -0.05) is 6.92 Å². The number of nitrogens with zero attached hydrogens (tertiary/aromatic N) is 2. The molecule has 2 aromatic heterocycles. The quantitative estimate of drug-likeness (QED) is 0.356. The molecule has 0 saturated heterocycles. The first-order valence-corrected chi connectivity index (χ1v) is 14.1. The molecule has 1 amide bonds. The Labute approximate surface area is 205 Å². The zero-order valence-electron chi connectivity index (χ0n) is 19.8. The van der Waals surface area contributed by atoms with E-state index in [0.717, 1.165) is 22.1 Å². The summed E-state index contributed by atoms with van der Waals surface area (Å²) in [5, 5.41) is 13.3. The molecular formula is C25H24FN3O6Si. The van der Waals surface area contributed by atoms with Gasteiger partial charge in [-0.15, -0.1) is 0 Å². The first-order valence-electron chi connectivity index (χ1n) is 11.9. The van der Waals surface area contributed by atoms with E-state index < -0.39 is 32.5 Å². The van der Waals surface area contributed by atoms with Gasteiger partial charge in [0.15, 0.2) is 0 Å². The number of fused-ring (bicyclic) bond motifs is 5. The fourth-order valence-electron chi connectivity index (χ4n) is 5.94. The summed E-state index contributed by atoms with van der Waals surface area (Å²) in [6.07, 6.45) is 1.03. The predicted molar refractivity (Wildman–Crippen MR) is 130 cm³/mol. The summed E-state index contributed by atoms with van der Waals surface area (Å²) in [6.45, 7) is 2.72. The minimum Gasteiger partial charge on any atom is -0.463 e. The standard InChI is InChI=1S/C25H24FN3O6Si/c1-3-36(34)19-7-18-23-13(8-29(18)24(32)14(19)10-35-25(36)33)22-16(27-20(31)9-30)5-4-12-11(2)15(26)6-17(28-23)21(12)22/h6-7,16,30,34H,3-5,8-10H2,1-2H3,(H,27,31)/t16-,36-/m0/s1. The van der Waals surface area contributed by atoms with Gasteiger partial charge in [-0.25, -0.2) is 9.37 Å². The molecule has 3 aromatic rings. The number of aliphatic hydroxyl groups excluding tert-OH is 1. The van der Waals surface area contributed by atoms with Gasteiger partial charge < -0.3 is 24.5 Å². The average Bonchev–Trinajstić information content (AvgIpc) is 3.24. The van der Waals surface area contributed by atoms with E-state index in [1.54, 1.807) is 19.9 Å². The Hall–Kier alpha value is -3.41. The largest absolute Gasteiger partial charge is 0.463 e. The second-order valence-corrected chi connectivity index (χ2v) is 13.0. The molecule has 3 aliphatic rings. The maximum Gasteiger partial charge on any atom is 0.347 e. The van der Waals surface area contributed by atoms with Crippen LogP contribution in [0.25, 0.3) is 22.3 Å². The molecule has 0 bridgehead atoms. The minimum absolute atomic E-state index is 0.161. The fourth-order valence-corrected chi connectivity index (χ4v) is 8.19. The molecule has 3 N–H and O–H groups in total. The molecule has 36 heavy (non-hydrogen) atoms. The number of carbonyl (C=O) groups is 2. The fraction of sp³-hybridized carbons (Fsp3) is 0.360. The van der Waals surface area contributed by atoms with Crippen molar-refractivity contribution in [2.75, 3.05) is 6.61 Å². The van der Waals surface area contributed by atoms with Crippen molar-refractivity contribution in [3.63, 3.8) is 0 Å². The molecule has 0 fully saturated rings. The lowest BCUT2D eigenvalue weighted by molar-refractivity contribution is -0.124. The summed E-state index contributed by atoms with van der Waals surface area (Å²) in [7, 11) is -3.71. The second kappa shape index (κ2) is 7.79. The van der Waals surface area contributed by atoms with Gasteiger partial charge in [0.1, 0.15) is 19.0 Å². The van der Waals surface area contributed by atoms with Crippen LogP contribution in [0.1, 0.15) is 47.2 Å². The summed E-state index contributed by atoms with van der Waals surface area (Å²) in [5.74, 6) is -0.913. The number of carbonyl (C=O) groups excluding carboxylic acids is 2. The molecule has 1 aliphatic carbocycles. The van der Waals surface area contributed by atoms with E-state index in [2.05, 4.69) is 5.32 Å². The summed E-state index contributed by atoms with van der Waals surface area (Å²) < 4.78 is 21.6. The van der Waals surface area contributed by atoms with E-state index in [1.807, 2.05) is 0 Å². The molecule has 1 aromatic carbocycles. The zero-order valence-corrected chi connectivity index (χ0v) is 20.8. The lowest BCUT2D eigenvalue weighted by Gasteiger charge is -2.29. The number of cyclic esters (lactones) is 1. The van der Waals surface area contributed by atoms with Crippen molar-refractivity contribution in [3.8, 4) is 11.4 Å². The molecule has 0 radical (unpaired) electrons. The van der Waals surface area contributed by atoms with Crippen LogP contribution in [0.2, 0.25) is 6.04 Å². The van der Waals surface area contributed by atoms with Crippen molar-refractivity contribution in [2.24, 2.45) is 0 Å². The maximum absolute atomic E-state index is 14.9. The predicted octanol–water partition coefficient (Wildman–Crippen LogP) is 1.37. The van der Waals surface area contributed by atoms with E-state index in [4.69, 9.17) is 9.72 Å². The lowest BCUT2D eigenvalue weighted by Crippen LogP contribution is -2.61. The van der Waals surface area contributed by atoms with Crippen LogP contribution in [-0.2, 0) is 29.1 Å². The Morgan fingerprint density at radius 2 is 2.08 bits per heavy atom. The number of hydrogen-bond donors (Lipinski definition) is 3. The number of rotatable bonds is 3. The number of nitrogens with one attached hydrogen (secondary N) is 1. The van der Waals surface area contributed by atoms with Crippen LogP contribution in [0, 0.1) is 12.7 Å². The smallest absolute Gasteiger partial charge is 0.347 e. The lowest BCUT2D eigenvalue weighted by atomic mass is 9.81. The number of halogens is 1. The van der Waals surface area contributed by atoms with Crippen molar-refractivity contribution in [3.05, 3.63) is 56.1 Å². The third-order valence-corrected chi connectivity index (χ3v) is 11.0. The van der Waals surface area contributed by atoms with Gasteiger partial charge in [-0.05, 0) is 53.8 Å². The molecule has 2 aliphatic heterocycles. The van der Waals surface area contributed by atoms with Crippen molar-refractivity contribution in [2.45, 2.75) is 51.9 Å². The van der Waals surface area contributed by atoms with Crippen LogP contribution in [0.5, 0.6) is 0 Å². The Bertz CT molecular complexity index is 1580. The third kappa shape index (κ3) is 2.93. The number of ether oxygens (including phenoxy) is 1. The molecule has 186 valence electrons. The van der Waals surface area contributed by atoms with Gasteiger partial charge in [0.05, 0.1) is 35.1 Å². The first kappa shape index (κ1) is 23.0. The Balaban J connectivity index is 1.66. The van der Waals surface area contributed by atoms with Crippen molar-refractivity contribution in [1.82, 2.24) is 14.9 Å². The molecule has 9 nitrogen and oxygen atoms in total. The van der Waals surface area contributed by atoms with E-state index in [0.29, 0.717) is 40.5 Å². The van der Waals surface area contributed by atoms with Gasteiger partial charge in [0, 0.05) is 17.0 Å². The van der Waals surface area contributed by atoms with Gasteiger partial charge >= 0.3 is 13.9 Å². The SMILES string of the molecule is CC[Si@@]1(O)C(=O)OCc2c1cc1n(c2=O)Cc2c-1nc1cc(F)c(C)c3c1c2[C@@H](NC(=O)CO)CC3. The average molecular weight is 510 g/mol. The number of amides is 1. The highest BCUT2D eigenvalue weighted by Gasteiger charge is 2.49. The number of hydrogen-bond acceptors (Lipinski definition) is 7. The van der Waals surface area contributed by atoms with Crippen LogP contribution in [0.3, 0.4) is 0 Å². The Morgan fingerprint density at radius 3 is 2.81 bits per heavy atom. The summed E-state index contributed by atoms with van der Waals surface area (Å²) in [6, 6.07) is 2.74. The normalized spacial score (nSPS) is 21.6. The summed E-state index contributed by atoms with van der Waals surface area (Å²) in [4.78, 5) is 54.2. The molecular weight excluding hydrogens is 485 g/mol. The van der Waals surface area contributed by atoms with Crippen molar-refractivity contribution >= 4 is 35.9 Å². The van der Waals surface area contributed by atoms with Gasteiger partial charge in [0.25, 0.3) is 5.56 Å². The Kier molecular flexibility index (Phi) is 4.98. The summed E-state index contributed by atoms with van der Waals surface area (Å²) in [5.41, 5.74) is 3.38. The number of aromatic nitrogens is 2. The molecule has 0 spiro atoms. The highest BCUT2D eigenvalue weighted by molar-refractivity contribution is 7.09. The van der Waals surface area contributed by atoms with Crippen LogP contribution in [-0.4, -0.2) is 45.9 Å². The number of pyridine rings is 2. The van der Waals surface area contributed by atoms with Gasteiger partial charge in [0.2, 0.25) is 5.91 Å². The van der Waals surface area contributed by atoms with E-state index in [-0.39, 0.29) is 36.1 Å². The number of aryl methyl sites for hydroxylation is 1. The monoisotopic (exact) mass is 509 g/mol. The van der Waals surface area contributed by atoms with Crippen LogP contribution in [0.4, 0.5) is 9.18 Å². The van der Waals surface area contributed by atoms with E-state index in [1.165, 1.54) is 10.6 Å². The maximum atomic E-state index is 14.9. The Morgan fingerprint density at radius 1 is 1.31 bits per heavy atom. The highest BCUT2D eigenvalue weighted by Crippen LogP contribution is 2.44. The van der Waals surface area contributed by atoms with Crippen LogP contribution in [0.15, 0.2) is 16.9 Å². The van der Waals surface area contributed by atoms with E-state index >= 15 is 0 Å². The van der Waals surface area contributed by atoms with Crippen LogP contribution >= 0.6 is 0 Å². The molecule has 0 saturated carbocycles. The van der Waals surface area contributed by atoms with Crippen molar-refractivity contribution in [1.29, 1.82) is 0 Å². The first-order chi connectivity index (χ1) is 17.2. The third-order valence-electron chi connectivity index (χ3n) is 7.86. The molecule has 4 heterocycles. The van der Waals surface area contributed by atoms with E-state index in [9.17, 15) is 28.7 Å². The van der Waals surface area contributed by atoms with Gasteiger partial charge in [-0.3, -0.25) is 14.4 Å². The second-order valence-electron chi connectivity index (χ2n) is 9.63. The molecule has 6 rings (SSSR count). The highest BCUT2D eigenvalue weighted by atomic mass is 28.4. The molecule has 11 heteroatoms. The summed E-state index contributed by atoms with van der Waals surface area (Å²) >= 11 is 0. The van der Waals surface area contributed by atoms with Crippen molar-refractivity contribution < 1.29 is 28.6 Å². The van der Waals surface area contributed by atoms with Gasteiger partial charge in [-0.2, -0.15) is 0 Å². The molecule has 2 atom stereocenters. The topological polar surface area (TPSA) is 131 Å². The number of benzene rings is 1. The number of aliphatic hydroxyl groups is 1. The van der Waals surface area contributed by atoms with Crippen LogP contribution < -0.4 is 16.1 Å². The minimum atomic E-state index is -3.71. The molecule has 0 unspecified atom stereocenters. The zero-order chi connectivity index (χ0) is 25.5.